The Hall–Kier alpha value is -3.89. The summed E-state index contributed by atoms with van der Waals surface area (Å²) in [7, 11) is 0. The number of thioether (sulfide) groups is 1. The van der Waals surface area contributed by atoms with E-state index in [-0.39, 0.29) is 24.0 Å². The molecule has 0 aliphatic heterocycles. The van der Waals surface area contributed by atoms with Gasteiger partial charge in [0, 0.05) is 28.5 Å². The first-order valence-electron chi connectivity index (χ1n) is 10.9. The van der Waals surface area contributed by atoms with Crippen molar-refractivity contribution >= 4 is 40.6 Å². The Labute approximate surface area is 216 Å². The van der Waals surface area contributed by atoms with Crippen LogP contribution in [0.5, 0.6) is 5.75 Å². The van der Waals surface area contributed by atoms with Gasteiger partial charge < -0.3 is 10.1 Å². The summed E-state index contributed by atoms with van der Waals surface area (Å²) in [5.74, 6) is 1.03. The number of aromatic nitrogens is 3. The number of anilines is 1. The molecule has 0 unspecified atom stereocenters. The van der Waals surface area contributed by atoms with Gasteiger partial charge in [-0.2, -0.15) is 0 Å². The number of aryl methyl sites for hydroxylation is 2. The maximum Gasteiger partial charge on any atom is 0.269 e. The zero-order chi connectivity index (χ0) is 25.7. The number of benzene rings is 3. The molecule has 0 saturated heterocycles. The molecule has 4 aromatic rings. The number of amides is 1. The van der Waals surface area contributed by atoms with Crippen LogP contribution in [0.4, 0.5) is 11.4 Å². The number of rotatable bonds is 9. The molecule has 0 spiro atoms. The normalized spacial score (nSPS) is 10.8. The van der Waals surface area contributed by atoms with Gasteiger partial charge in [-0.3, -0.25) is 19.5 Å². The van der Waals surface area contributed by atoms with E-state index in [2.05, 4.69) is 15.5 Å². The minimum Gasteiger partial charge on any atom is -0.486 e. The monoisotopic (exact) mass is 523 g/mol. The summed E-state index contributed by atoms with van der Waals surface area (Å²) in [6.07, 6.45) is 0. The number of carbonyl (C=O) groups is 1. The number of nitrogens with one attached hydrogen (secondary N) is 1. The first-order valence-corrected chi connectivity index (χ1v) is 12.2. The summed E-state index contributed by atoms with van der Waals surface area (Å²) in [5, 5.41) is 23.5. The zero-order valence-corrected chi connectivity index (χ0v) is 21.0. The highest BCUT2D eigenvalue weighted by molar-refractivity contribution is 7.99. The van der Waals surface area contributed by atoms with Crippen LogP contribution in [0.1, 0.15) is 17.0 Å². The number of hydrogen-bond donors (Lipinski definition) is 1. The highest BCUT2D eigenvalue weighted by Crippen LogP contribution is 2.26. The molecule has 0 aliphatic rings. The Kier molecular flexibility index (Phi) is 7.87. The van der Waals surface area contributed by atoms with Gasteiger partial charge in [0.15, 0.2) is 11.0 Å². The Morgan fingerprint density at radius 1 is 1.08 bits per heavy atom. The molecule has 4 rings (SSSR count). The molecule has 1 N–H and O–H groups in total. The number of para-hydroxylation sites is 1. The van der Waals surface area contributed by atoms with E-state index in [1.165, 1.54) is 30.0 Å². The lowest BCUT2D eigenvalue weighted by Crippen LogP contribution is -2.15. The summed E-state index contributed by atoms with van der Waals surface area (Å²) in [6, 6.07) is 19.3. The molecule has 0 aliphatic carbocycles. The number of halogens is 1. The average Bonchev–Trinajstić information content (AvgIpc) is 3.28. The van der Waals surface area contributed by atoms with Crippen molar-refractivity contribution < 1.29 is 14.5 Å². The van der Waals surface area contributed by atoms with Crippen molar-refractivity contribution in [1.29, 1.82) is 0 Å². The van der Waals surface area contributed by atoms with Crippen molar-refractivity contribution in [1.82, 2.24) is 14.8 Å². The summed E-state index contributed by atoms with van der Waals surface area (Å²) >= 11 is 7.33. The number of non-ortho nitro benzene ring substituents is 1. The predicted molar refractivity (Wildman–Crippen MR) is 139 cm³/mol. The van der Waals surface area contributed by atoms with Crippen LogP contribution in [-0.2, 0) is 11.4 Å². The van der Waals surface area contributed by atoms with E-state index < -0.39 is 4.92 Å². The second-order valence-corrected chi connectivity index (χ2v) is 9.21. The van der Waals surface area contributed by atoms with Crippen molar-refractivity contribution in [2.45, 2.75) is 25.6 Å². The van der Waals surface area contributed by atoms with Gasteiger partial charge in [0.2, 0.25) is 5.91 Å². The largest absolute Gasteiger partial charge is 0.486 e. The van der Waals surface area contributed by atoms with E-state index in [1.807, 2.05) is 47.9 Å². The highest BCUT2D eigenvalue weighted by Gasteiger charge is 2.17. The maximum atomic E-state index is 12.6. The maximum absolute atomic E-state index is 12.6. The number of nitrogens with zero attached hydrogens (tertiary/aromatic N) is 4. The standard InChI is InChI=1S/C25H22ClN5O4S/c1-16-13-20(9-10-21(16)26)35-14-23-28-29-25(30(23)18-6-4-3-5-7-18)36-15-24(32)27-22-11-8-19(31(33)34)12-17(22)2/h3-13H,14-15H2,1-2H3,(H,27,32). The van der Waals surface area contributed by atoms with Gasteiger partial charge in [0.1, 0.15) is 12.4 Å². The smallest absolute Gasteiger partial charge is 0.269 e. The van der Waals surface area contributed by atoms with Gasteiger partial charge in [-0.15, -0.1) is 10.2 Å². The van der Waals surface area contributed by atoms with Gasteiger partial charge in [0.25, 0.3) is 5.69 Å². The van der Waals surface area contributed by atoms with Gasteiger partial charge >= 0.3 is 0 Å². The van der Waals surface area contributed by atoms with Crippen LogP contribution in [0, 0.1) is 24.0 Å². The number of hydrogen-bond acceptors (Lipinski definition) is 7. The molecule has 0 fully saturated rings. The number of nitro groups is 1. The number of carbonyl (C=O) groups excluding carboxylic acids is 1. The molecule has 1 aromatic heterocycles. The molecule has 11 heteroatoms. The first-order chi connectivity index (χ1) is 17.3. The van der Waals surface area contributed by atoms with E-state index in [0.29, 0.717) is 33.0 Å². The third-order valence-electron chi connectivity index (χ3n) is 5.24. The zero-order valence-electron chi connectivity index (χ0n) is 19.5. The molecule has 0 bridgehead atoms. The van der Waals surface area contributed by atoms with E-state index in [0.717, 1.165) is 11.3 Å². The summed E-state index contributed by atoms with van der Waals surface area (Å²) in [5.41, 5.74) is 2.83. The van der Waals surface area contributed by atoms with Crippen LogP contribution >= 0.6 is 23.4 Å². The molecule has 36 heavy (non-hydrogen) atoms. The fourth-order valence-electron chi connectivity index (χ4n) is 3.40. The Bertz CT molecular complexity index is 1410. The number of ether oxygens (including phenoxy) is 1. The van der Waals surface area contributed by atoms with Crippen LogP contribution in [0.15, 0.2) is 71.9 Å². The lowest BCUT2D eigenvalue weighted by atomic mass is 10.2. The van der Waals surface area contributed by atoms with Crippen LogP contribution in [-0.4, -0.2) is 31.3 Å². The lowest BCUT2D eigenvalue weighted by molar-refractivity contribution is -0.384. The van der Waals surface area contributed by atoms with Crippen molar-refractivity contribution in [3.63, 3.8) is 0 Å². The van der Waals surface area contributed by atoms with Crippen molar-refractivity contribution in [3.05, 3.63) is 98.8 Å². The molecule has 1 heterocycles. The molecule has 1 amide bonds. The summed E-state index contributed by atoms with van der Waals surface area (Å²) < 4.78 is 7.77. The molecular formula is C25H22ClN5O4S. The number of nitro benzene ring substituents is 1. The fraction of sp³-hybridized carbons (Fsp3) is 0.160. The fourth-order valence-corrected chi connectivity index (χ4v) is 4.28. The topological polar surface area (TPSA) is 112 Å². The van der Waals surface area contributed by atoms with E-state index in [1.54, 1.807) is 19.1 Å². The highest BCUT2D eigenvalue weighted by atomic mass is 35.5. The molecule has 0 radical (unpaired) electrons. The molecular weight excluding hydrogens is 502 g/mol. The van der Waals surface area contributed by atoms with Crippen molar-refractivity contribution in [2.24, 2.45) is 0 Å². The Balaban J connectivity index is 1.48. The second kappa shape index (κ2) is 11.2. The Morgan fingerprint density at radius 2 is 1.86 bits per heavy atom. The minimum absolute atomic E-state index is 0.0284. The predicted octanol–water partition coefficient (Wildman–Crippen LogP) is 5.76. The molecule has 0 atom stereocenters. The molecule has 9 nitrogen and oxygen atoms in total. The molecule has 0 saturated carbocycles. The van der Waals surface area contributed by atoms with Crippen LogP contribution in [0.25, 0.3) is 5.69 Å². The average molecular weight is 524 g/mol. The van der Waals surface area contributed by atoms with Crippen molar-refractivity contribution in [3.8, 4) is 11.4 Å². The lowest BCUT2D eigenvalue weighted by Gasteiger charge is -2.12. The molecule has 184 valence electrons. The van der Waals surface area contributed by atoms with Crippen LogP contribution < -0.4 is 10.1 Å². The van der Waals surface area contributed by atoms with E-state index >= 15 is 0 Å². The molecule has 3 aromatic carbocycles. The quantitative estimate of drug-likeness (QED) is 0.169. The second-order valence-electron chi connectivity index (χ2n) is 7.86. The summed E-state index contributed by atoms with van der Waals surface area (Å²) in [4.78, 5) is 23.1. The SMILES string of the molecule is Cc1cc(OCc2nnc(SCC(=O)Nc3ccc([N+](=O)[O-])cc3C)n2-c2ccccc2)ccc1Cl. The third-order valence-corrected chi connectivity index (χ3v) is 6.59. The van der Waals surface area contributed by atoms with Gasteiger partial charge in [-0.05, 0) is 61.4 Å². The van der Waals surface area contributed by atoms with Crippen LogP contribution in [0.2, 0.25) is 5.02 Å². The minimum atomic E-state index is -0.472. The van der Waals surface area contributed by atoms with E-state index in [9.17, 15) is 14.9 Å². The van der Waals surface area contributed by atoms with Crippen LogP contribution in [0.3, 0.4) is 0 Å². The van der Waals surface area contributed by atoms with Gasteiger partial charge in [-0.1, -0.05) is 41.6 Å². The summed E-state index contributed by atoms with van der Waals surface area (Å²) in [6.45, 7) is 3.77. The van der Waals surface area contributed by atoms with E-state index in [4.69, 9.17) is 16.3 Å². The third kappa shape index (κ3) is 6.02. The Morgan fingerprint density at radius 3 is 2.56 bits per heavy atom. The van der Waals surface area contributed by atoms with Gasteiger partial charge in [-0.25, -0.2) is 0 Å². The van der Waals surface area contributed by atoms with Gasteiger partial charge in [0.05, 0.1) is 10.7 Å². The first kappa shape index (κ1) is 25.2. The van der Waals surface area contributed by atoms with Crippen molar-refractivity contribution in [2.75, 3.05) is 11.1 Å².